The Balaban J connectivity index is 1.68. The van der Waals surface area contributed by atoms with Crippen molar-refractivity contribution in [2.24, 2.45) is 7.05 Å². The Hall–Kier alpha value is -3.41. The first-order chi connectivity index (χ1) is 13.6. The molecule has 0 saturated heterocycles. The smallest absolute Gasteiger partial charge is 0.277 e. The minimum Gasteiger partial charge on any atom is -0.277 e. The molecule has 1 aromatic carbocycles. The molecule has 4 rings (SSSR count). The number of para-hydroxylation sites is 1. The number of nitrogens with zero attached hydrogens (tertiary/aromatic N) is 5. The molecule has 0 fully saturated rings. The van der Waals surface area contributed by atoms with Crippen LogP contribution in [0.25, 0.3) is 16.7 Å². The van der Waals surface area contributed by atoms with Gasteiger partial charge in [0.05, 0.1) is 35.4 Å². The summed E-state index contributed by atoms with van der Waals surface area (Å²) >= 11 is 0. The molecule has 0 radical (unpaired) electrons. The molecule has 0 aliphatic heterocycles. The SMILES string of the molecule is Cn1ncc2cccc(NS(=O)(=O)c3cnn(-c4cc(C(F)(F)F)ccn4)c3)c21. The van der Waals surface area contributed by atoms with Crippen LogP contribution in [0.5, 0.6) is 0 Å². The second-order valence-corrected chi connectivity index (χ2v) is 7.82. The van der Waals surface area contributed by atoms with E-state index < -0.39 is 21.8 Å². The largest absolute Gasteiger partial charge is 0.416 e. The van der Waals surface area contributed by atoms with Crippen molar-refractivity contribution in [1.82, 2.24) is 24.5 Å². The molecule has 0 spiro atoms. The summed E-state index contributed by atoms with van der Waals surface area (Å²) in [7, 11) is -2.37. The lowest BCUT2D eigenvalue weighted by Crippen LogP contribution is -2.13. The van der Waals surface area contributed by atoms with E-state index in [4.69, 9.17) is 0 Å². The molecule has 0 amide bonds. The molecule has 0 aliphatic rings. The third-order valence-corrected chi connectivity index (χ3v) is 5.50. The van der Waals surface area contributed by atoms with Crippen molar-refractivity contribution in [1.29, 1.82) is 0 Å². The minimum atomic E-state index is -4.55. The van der Waals surface area contributed by atoms with Crippen molar-refractivity contribution >= 4 is 26.6 Å². The topological polar surface area (TPSA) is 94.7 Å². The average molecular weight is 422 g/mol. The summed E-state index contributed by atoms with van der Waals surface area (Å²) in [6.45, 7) is 0. The van der Waals surface area contributed by atoms with Crippen LogP contribution in [0.3, 0.4) is 0 Å². The Kier molecular flexibility index (Phi) is 4.30. The van der Waals surface area contributed by atoms with Gasteiger partial charge in [0, 0.05) is 18.6 Å². The summed E-state index contributed by atoms with van der Waals surface area (Å²) in [5.41, 5.74) is -0.0149. The standard InChI is InChI=1S/C17H13F3N6O2S/c1-25-16-11(8-22-25)3-2-4-14(16)24-29(27,28)13-9-23-26(10-13)15-7-12(5-6-21-15)17(18,19)20/h2-10,24H,1H3. The molecule has 4 aromatic rings. The van der Waals surface area contributed by atoms with Crippen molar-refractivity contribution in [3.8, 4) is 5.82 Å². The second-order valence-electron chi connectivity index (χ2n) is 6.14. The number of aryl methyl sites for hydroxylation is 1. The van der Waals surface area contributed by atoms with E-state index in [0.29, 0.717) is 11.2 Å². The molecule has 3 aromatic heterocycles. The number of alkyl halides is 3. The van der Waals surface area contributed by atoms with Crippen molar-refractivity contribution < 1.29 is 21.6 Å². The molecule has 150 valence electrons. The highest BCUT2D eigenvalue weighted by molar-refractivity contribution is 7.92. The third kappa shape index (κ3) is 3.53. The van der Waals surface area contributed by atoms with Crippen LogP contribution in [0.1, 0.15) is 5.56 Å². The van der Waals surface area contributed by atoms with Crippen molar-refractivity contribution in [2.45, 2.75) is 11.1 Å². The molecule has 0 saturated carbocycles. The van der Waals surface area contributed by atoms with Crippen LogP contribution in [0.4, 0.5) is 18.9 Å². The lowest BCUT2D eigenvalue weighted by molar-refractivity contribution is -0.137. The highest BCUT2D eigenvalue weighted by atomic mass is 32.2. The summed E-state index contributed by atoms with van der Waals surface area (Å²) in [5, 5.41) is 8.68. The van der Waals surface area contributed by atoms with Crippen molar-refractivity contribution in [3.05, 3.63) is 60.7 Å². The van der Waals surface area contributed by atoms with Gasteiger partial charge >= 0.3 is 6.18 Å². The molecule has 0 unspecified atom stereocenters. The maximum atomic E-state index is 12.9. The first-order valence-corrected chi connectivity index (χ1v) is 9.65. The van der Waals surface area contributed by atoms with E-state index in [9.17, 15) is 21.6 Å². The molecule has 12 heteroatoms. The number of hydrogen-bond acceptors (Lipinski definition) is 5. The summed E-state index contributed by atoms with van der Waals surface area (Å²) in [6, 6.07) is 6.66. The maximum absolute atomic E-state index is 12.9. The Labute approximate surface area is 162 Å². The van der Waals surface area contributed by atoms with Gasteiger partial charge in [-0.1, -0.05) is 12.1 Å². The van der Waals surface area contributed by atoms with Gasteiger partial charge in [0.2, 0.25) is 0 Å². The monoisotopic (exact) mass is 422 g/mol. The zero-order chi connectivity index (χ0) is 20.8. The van der Waals surface area contributed by atoms with Gasteiger partial charge in [-0.15, -0.1) is 0 Å². The molecule has 8 nitrogen and oxygen atoms in total. The summed E-state index contributed by atoms with van der Waals surface area (Å²) in [5.74, 6) is -0.157. The molecule has 0 bridgehead atoms. The average Bonchev–Trinajstić information content (AvgIpc) is 3.30. The third-order valence-electron chi connectivity index (χ3n) is 4.18. The van der Waals surface area contributed by atoms with Crippen LogP contribution in [0, 0.1) is 0 Å². The Bertz CT molecular complexity index is 1310. The number of fused-ring (bicyclic) bond motifs is 1. The first-order valence-electron chi connectivity index (χ1n) is 8.17. The highest BCUT2D eigenvalue weighted by Gasteiger charge is 2.31. The van der Waals surface area contributed by atoms with Gasteiger partial charge in [-0.3, -0.25) is 9.40 Å². The number of halogens is 3. The number of benzene rings is 1. The molecule has 0 atom stereocenters. The predicted molar refractivity (Wildman–Crippen MR) is 97.9 cm³/mol. The molecule has 29 heavy (non-hydrogen) atoms. The lowest BCUT2D eigenvalue weighted by atomic mass is 10.2. The molecular weight excluding hydrogens is 409 g/mol. The Morgan fingerprint density at radius 2 is 1.90 bits per heavy atom. The minimum absolute atomic E-state index is 0.157. The first kappa shape index (κ1) is 18.9. The fourth-order valence-corrected chi connectivity index (χ4v) is 3.81. The Morgan fingerprint density at radius 1 is 1.10 bits per heavy atom. The van der Waals surface area contributed by atoms with Crippen LogP contribution in [0.15, 0.2) is 60.0 Å². The van der Waals surface area contributed by atoms with E-state index in [0.717, 1.165) is 40.8 Å². The van der Waals surface area contributed by atoms with Gasteiger partial charge in [0.1, 0.15) is 4.90 Å². The van der Waals surface area contributed by atoms with Gasteiger partial charge in [-0.2, -0.15) is 23.4 Å². The number of aromatic nitrogens is 5. The van der Waals surface area contributed by atoms with Gasteiger partial charge < -0.3 is 0 Å². The summed E-state index contributed by atoms with van der Waals surface area (Å²) in [4.78, 5) is 3.60. The zero-order valence-corrected chi connectivity index (χ0v) is 15.6. The summed E-state index contributed by atoms with van der Waals surface area (Å²) in [6.07, 6.45) is 0.158. The van der Waals surface area contributed by atoms with Crippen LogP contribution < -0.4 is 4.72 Å². The van der Waals surface area contributed by atoms with E-state index in [2.05, 4.69) is 19.9 Å². The second kappa shape index (κ2) is 6.58. The highest BCUT2D eigenvalue weighted by Crippen LogP contribution is 2.30. The van der Waals surface area contributed by atoms with Gasteiger partial charge in [-0.25, -0.2) is 18.1 Å². The predicted octanol–water partition coefficient (Wildman–Crippen LogP) is 2.97. The Morgan fingerprint density at radius 3 is 2.66 bits per heavy atom. The quantitative estimate of drug-likeness (QED) is 0.546. The van der Waals surface area contributed by atoms with Crippen LogP contribution in [-0.2, 0) is 23.2 Å². The molecule has 0 aliphatic carbocycles. The number of sulfonamides is 1. The van der Waals surface area contributed by atoms with Crippen molar-refractivity contribution in [3.63, 3.8) is 0 Å². The zero-order valence-electron chi connectivity index (χ0n) is 14.8. The fraction of sp³-hybridized carbons (Fsp3) is 0.118. The van der Waals surface area contributed by atoms with Crippen LogP contribution in [-0.4, -0.2) is 33.0 Å². The maximum Gasteiger partial charge on any atom is 0.416 e. The van der Waals surface area contributed by atoms with E-state index in [1.807, 2.05) is 0 Å². The van der Waals surface area contributed by atoms with Crippen LogP contribution >= 0.6 is 0 Å². The van der Waals surface area contributed by atoms with E-state index in [1.165, 1.54) is 4.68 Å². The number of nitrogens with one attached hydrogen (secondary N) is 1. The van der Waals surface area contributed by atoms with E-state index >= 15 is 0 Å². The fourth-order valence-electron chi connectivity index (χ4n) is 2.81. The van der Waals surface area contributed by atoms with Gasteiger partial charge in [0.15, 0.2) is 5.82 Å². The number of pyridine rings is 1. The number of anilines is 1. The van der Waals surface area contributed by atoms with E-state index in [1.54, 1.807) is 31.4 Å². The van der Waals surface area contributed by atoms with Crippen LogP contribution in [0.2, 0.25) is 0 Å². The lowest BCUT2D eigenvalue weighted by Gasteiger charge is -2.09. The van der Waals surface area contributed by atoms with Crippen molar-refractivity contribution in [2.75, 3.05) is 4.72 Å². The normalized spacial score (nSPS) is 12.4. The number of rotatable bonds is 4. The number of hydrogen-bond donors (Lipinski definition) is 1. The van der Waals surface area contributed by atoms with Gasteiger partial charge in [0.25, 0.3) is 10.0 Å². The summed E-state index contributed by atoms with van der Waals surface area (Å²) < 4.78 is 69.1. The molecular formula is C17H13F3N6O2S. The van der Waals surface area contributed by atoms with E-state index in [-0.39, 0.29) is 10.7 Å². The van der Waals surface area contributed by atoms with Gasteiger partial charge in [-0.05, 0) is 18.2 Å². The molecule has 1 N–H and O–H groups in total. The molecule has 3 heterocycles.